The van der Waals surface area contributed by atoms with Gasteiger partial charge in [0.1, 0.15) is 17.3 Å². The zero-order valence-corrected chi connectivity index (χ0v) is 20.5. The molecule has 1 aliphatic heterocycles. The van der Waals surface area contributed by atoms with Gasteiger partial charge in [0, 0.05) is 29.5 Å². The molecular formula is C25H20F3N5O4S. The molecule has 2 unspecified atom stereocenters. The van der Waals surface area contributed by atoms with E-state index in [4.69, 9.17) is 4.74 Å². The minimum Gasteiger partial charge on any atom is -0.457 e. The topological polar surface area (TPSA) is 111 Å². The van der Waals surface area contributed by atoms with Gasteiger partial charge in [-0.25, -0.2) is 4.68 Å². The van der Waals surface area contributed by atoms with Crippen molar-refractivity contribution >= 4 is 34.4 Å². The van der Waals surface area contributed by atoms with Crippen LogP contribution in [0.25, 0.3) is 0 Å². The summed E-state index contributed by atoms with van der Waals surface area (Å²) in [5.74, 6) is -0.245. The summed E-state index contributed by atoms with van der Waals surface area (Å²) in [6.45, 7) is 1.86. The molecule has 0 saturated heterocycles. The summed E-state index contributed by atoms with van der Waals surface area (Å²) in [4.78, 5) is 24.5. The molecule has 1 aliphatic rings. The molecule has 4 aromatic rings. The van der Waals surface area contributed by atoms with Crippen molar-refractivity contribution in [3.8, 4) is 11.5 Å². The van der Waals surface area contributed by atoms with Crippen LogP contribution in [0.2, 0.25) is 0 Å². The molecule has 0 bridgehead atoms. The smallest absolute Gasteiger partial charge is 0.410 e. The highest BCUT2D eigenvalue weighted by Gasteiger charge is 2.47. The maximum atomic E-state index is 13.9. The van der Waals surface area contributed by atoms with Crippen LogP contribution in [0.3, 0.4) is 0 Å². The minimum absolute atomic E-state index is 0.0228. The molecule has 0 saturated carbocycles. The van der Waals surface area contributed by atoms with Crippen molar-refractivity contribution in [1.29, 1.82) is 0 Å². The molecule has 0 radical (unpaired) electrons. The Morgan fingerprint density at radius 2 is 2.00 bits per heavy atom. The fourth-order valence-corrected chi connectivity index (χ4v) is 4.98. The number of alkyl halides is 3. The number of aryl methyl sites for hydroxylation is 1. The Morgan fingerprint density at radius 3 is 2.68 bits per heavy atom. The molecule has 13 heteroatoms. The highest BCUT2D eigenvalue weighted by molar-refractivity contribution is 7.10. The van der Waals surface area contributed by atoms with Crippen LogP contribution in [-0.2, 0) is 0 Å². The van der Waals surface area contributed by atoms with Crippen molar-refractivity contribution in [1.82, 2.24) is 9.78 Å². The second kappa shape index (κ2) is 9.82. The number of thiophene rings is 1. The summed E-state index contributed by atoms with van der Waals surface area (Å²) in [5.41, 5.74) is 0.320. The normalized spacial score (nSPS) is 16.8. The maximum Gasteiger partial charge on any atom is 0.410 e. The second-order valence-corrected chi connectivity index (χ2v) is 9.69. The third kappa shape index (κ3) is 5.32. The van der Waals surface area contributed by atoms with Gasteiger partial charge in [0.25, 0.3) is 11.6 Å². The van der Waals surface area contributed by atoms with Crippen LogP contribution in [0, 0.1) is 17.0 Å². The van der Waals surface area contributed by atoms with E-state index in [0.717, 1.165) is 21.2 Å². The quantitative estimate of drug-likeness (QED) is 0.203. The van der Waals surface area contributed by atoms with Gasteiger partial charge in [0.05, 0.1) is 22.7 Å². The second-order valence-electron chi connectivity index (χ2n) is 8.71. The van der Waals surface area contributed by atoms with E-state index in [1.807, 2.05) is 13.0 Å². The number of carbonyl (C=O) groups excluding carboxylic acids is 1. The molecule has 2 N–H and O–H groups in total. The number of nitrogens with one attached hydrogen (secondary N) is 2. The van der Waals surface area contributed by atoms with Crippen molar-refractivity contribution in [2.75, 3.05) is 10.6 Å². The Kier molecular flexibility index (Phi) is 6.53. The van der Waals surface area contributed by atoms with Crippen LogP contribution in [0.5, 0.6) is 11.5 Å². The highest BCUT2D eigenvalue weighted by atomic mass is 32.1. The van der Waals surface area contributed by atoms with Crippen LogP contribution in [-0.4, -0.2) is 26.8 Å². The molecule has 3 heterocycles. The number of benzene rings is 2. The first-order valence-electron chi connectivity index (χ1n) is 11.4. The number of nitrogens with zero attached hydrogens (tertiary/aromatic N) is 3. The summed E-state index contributed by atoms with van der Waals surface area (Å²) in [6.07, 6.45) is -4.88. The van der Waals surface area contributed by atoms with Gasteiger partial charge in [-0.1, -0.05) is 18.2 Å². The average molecular weight is 544 g/mol. The van der Waals surface area contributed by atoms with E-state index in [0.29, 0.717) is 5.75 Å². The fourth-order valence-electron chi connectivity index (χ4n) is 4.19. The predicted molar refractivity (Wildman–Crippen MR) is 135 cm³/mol. The molecule has 0 fully saturated rings. The molecule has 9 nitrogen and oxygen atoms in total. The first-order chi connectivity index (χ1) is 18.1. The number of amides is 1. The minimum atomic E-state index is -4.59. The number of nitro benzene ring substituents is 1. The molecule has 5 rings (SSSR count). The average Bonchev–Trinajstić information content (AvgIpc) is 3.53. The van der Waals surface area contributed by atoms with E-state index in [1.54, 1.807) is 35.7 Å². The van der Waals surface area contributed by atoms with E-state index in [9.17, 15) is 28.1 Å². The molecule has 38 heavy (non-hydrogen) atoms. The number of hydrogen-bond donors (Lipinski definition) is 2. The maximum absolute atomic E-state index is 13.9. The molecule has 1 amide bonds. The lowest BCUT2D eigenvalue weighted by atomic mass is 10.0. The monoisotopic (exact) mass is 543 g/mol. The molecule has 2 aromatic heterocycles. The number of nitro groups is 1. The molecular weight excluding hydrogens is 523 g/mol. The van der Waals surface area contributed by atoms with Crippen molar-refractivity contribution in [2.45, 2.75) is 31.6 Å². The number of halogens is 3. The lowest BCUT2D eigenvalue weighted by Crippen LogP contribution is -2.35. The summed E-state index contributed by atoms with van der Waals surface area (Å²) in [5, 5.41) is 22.7. The number of aromatic nitrogens is 2. The van der Waals surface area contributed by atoms with Gasteiger partial charge in [0.2, 0.25) is 0 Å². The van der Waals surface area contributed by atoms with Crippen LogP contribution in [0.15, 0.2) is 66.0 Å². The summed E-state index contributed by atoms with van der Waals surface area (Å²) < 4.78 is 48.2. The summed E-state index contributed by atoms with van der Waals surface area (Å²) in [6, 6.07) is 12.9. The van der Waals surface area contributed by atoms with Gasteiger partial charge < -0.3 is 15.4 Å². The highest BCUT2D eigenvalue weighted by Crippen LogP contribution is 2.44. The predicted octanol–water partition coefficient (Wildman–Crippen LogP) is 6.87. The van der Waals surface area contributed by atoms with Gasteiger partial charge in [-0.2, -0.15) is 18.3 Å². The van der Waals surface area contributed by atoms with Gasteiger partial charge in [-0.3, -0.25) is 14.9 Å². The molecule has 0 spiro atoms. The zero-order chi connectivity index (χ0) is 27.0. The van der Waals surface area contributed by atoms with Gasteiger partial charge in [0.15, 0.2) is 11.7 Å². The molecule has 0 aliphatic carbocycles. The Hall–Kier alpha value is -4.39. The van der Waals surface area contributed by atoms with E-state index in [1.165, 1.54) is 29.5 Å². The standard InChI is InChI=1S/C25H20F3N5O4S/c1-14-4-2-5-17(8-14)37-18-10-15(9-16(11-18)33(35)36)29-24(34)20-13-23-30-19(21-6-3-7-38-21)12-22(25(26,27)28)32(23)31-20/h2-11,13,19,22,30H,12H2,1H3,(H,29,34). The van der Waals surface area contributed by atoms with E-state index >= 15 is 0 Å². The van der Waals surface area contributed by atoms with Crippen LogP contribution in [0.4, 0.5) is 30.4 Å². The Labute approximate surface area is 218 Å². The Balaban J connectivity index is 1.42. The summed E-state index contributed by atoms with van der Waals surface area (Å²) >= 11 is 1.33. The number of fused-ring (bicyclic) bond motifs is 1. The number of hydrogen-bond acceptors (Lipinski definition) is 7. The number of rotatable bonds is 6. The first kappa shape index (κ1) is 25.3. The van der Waals surface area contributed by atoms with Crippen molar-refractivity contribution in [2.24, 2.45) is 0 Å². The van der Waals surface area contributed by atoms with Crippen molar-refractivity contribution in [3.63, 3.8) is 0 Å². The zero-order valence-electron chi connectivity index (χ0n) is 19.7. The van der Waals surface area contributed by atoms with E-state index < -0.39 is 29.1 Å². The van der Waals surface area contributed by atoms with Gasteiger partial charge in [-0.05, 0) is 36.1 Å². The Bertz CT molecular complexity index is 1500. The largest absolute Gasteiger partial charge is 0.457 e. The van der Waals surface area contributed by atoms with Gasteiger partial charge >= 0.3 is 6.18 Å². The third-order valence-electron chi connectivity index (χ3n) is 5.89. The first-order valence-corrected chi connectivity index (χ1v) is 12.3. The Morgan fingerprint density at radius 1 is 1.18 bits per heavy atom. The van der Waals surface area contributed by atoms with Crippen molar-refractivity contribution < 1.29 is 27.6 Å². The molecule has 2 aromatic carbocycles. The molecule has 196 valence electrons. The van der Waals surface area contributed by atoms with E-state index in [2.05, 4.69) is 15.7 Å². The van der Waals surface area contributed by atoms with E-state index in [-0.39, 0.29) is 35.1 Å². The SMILES string of the molecule is Cc1cccc(Oc2cc(NC(=O)c3cc4n(n3)C(C(F)(F)F)CC(c3cccs3)N4)cc([N+](=O)[O-])c2)c1. The lowest BCUT2D eigenvalue weighted by molar-refractivity contribution is -0.384. The van der Waals surface area contributed by atoms with Crippen molar-refractivity contribution in [3.05, 3.63) is 92.3 Å². The fraction of sp³-hybridized carbons (Fsp3) is 0.200. The van der Waals surface area contributed by atoms with Gasteiger partial charge in [-0.15, -0.1) is 11.3 Å². The lowest BCUT2D eigenvalue weighted by Gasteiger charge is -2.32. The molecule has 2 atom stereocenters. The van der Waals surface area contributed by atoms with Crippen LogP contribution >= 0.6 is 11.3 Å². The number of non-ortho nitro benzene ring substituents is 1. The van der Waals surface area contributed by atoms with Crippen LogP contribution < -0.4 is 15.4 Å². The number of ether oxygens (including phenoxy) is 1. The van der Waals surface area contributed by atoms with Crippen LogP contribution in [0.1, 0.15) is 39.4 Å². The summed E-state index contributed by atoms with van der Waals surface area (Å²) in [7, 11) is 0. The number of carbonyl (C=O) groups is 1. The third-order valence-corrected chi connectivity index (χ3v) is 6.88. The number of anilines is 2.